The molecule has 6 heavy (non-hydrogen) atoms. The van der Waals surface area contributed by atoms with Crippen LogP contribution in [0.2, 0.25) is 0 Å². The van der Waals surface area contributed by atoms with E-state index >= 15 is 0 Å². The third-order valence-electron chi connectivity index (χ3n) is 0. The first kappa shape index (κ1) is 15.8. The van der Waals surface area contributed by atoms with Crippen molar-refractivity contribution in [3.05, 3.63) is 0 Å². The number of hydrogen-bond acceptors (Lipinski definition) is 0. The molecular weight excluding hydrogens is 183 g/mol. The monoisotopic (exact) mass is 183 g/mol. The summed E-state index contributed by atoms with van der Waals surface area (Å²) in [6, 6.07) is 0. The van der Waals surface area contributed by atoms with E-state index < -0.39 is 7.54 Å². The van der Waals surface area contributed by atoms with Crippen LogP contribution in [-0.2, 0) is 33.8 Å². The van der Waals surface area contributed by atoms with E-state index in [4.69, 9.17) is 0 Å². The molecule has 0 spiro atoms. The maximum Gasteiger partial charge on any atom is 0.762 e. The van der Waals surface area contributed by atoms with Gasteiger partial charge >= 0.3 is 7.54 Å². The van der Waals surface area contributed by atoms with Gasteiger partial charge in [0.2, 0.25) is 0 Å². The summed E-state index contributed by atoms with van der Waals surface area (Å²) in [6.45, 7) is 0. The van der Waals surface area contributed by atoms with Crippen molar-refractivity contribution in [1.82, 2.24) is 0 Å². The minimum Gasteiger partial charge on any atom is -0.254 e. The van der Waals surface area contributed by atoms with Crippen LogP contribution in [0.1, 0.15) is 0 Å². The summed E-state index contributed by atoms with van der Waals surface area (Å²) >= 11 is 0. The number of hydrogen-bond donors (Lipinski definition) is 0. The second-order valence-corrected chi connectivity index (χ2v) is 0.247. The molecule has 0 aliphatic carbocycles. The van der Waals surface area contributed by atoms with Crippen LogP contribution in [0.15, 0.2) is 0 Å². The van der Waals surface area contributed by atoms with E-state index in [-0.39, 0.29) is 33.8 Å². The van der Waals surface area contributed by atoms with Gasteiger partial charge in [0, 0.05) is 33.8 Å². The normalized spacial score (nSPS) is 4.50. The molecule has 0 amide bonds. The number of rotatable bonds is 0. The van der Waals surface area contributed by atoms with Crippen molar-refractivity contribution < 1.29 is 46.8 Å². The smallest absolute Gasteiger partial charge is 0.254 e. The van der Waals surface area contributed by atoms with Gasteiger partial charge in [-0.2, -0.15) is 0 Å². The van der Waals surface area contributed by atoms with Gasteiger partial charge < -0.3 is 0 Å². The predicted molar refractivity (Wildman–Crippen MR) is 9.08 cm³/mol. The maximum atomic E-state index is 9.67. The second-order valence-electron chi connectivity index (χ2n) is 0.247. The molecule has 6 heteroatoms. The second kappa shape index (κ2) is 9.30. The Kier molecular flexibility index (Phi) is 24.5. The van der Waals surface area contributed by atoms with Crippen LogP contribution in [0, 0.1) is 0 Å². The van der Waals surface area contributed by atoms with Crippen molar-refractivity contribution >= 4 is 7.54 Å². The van der Waals surface area contributed by atoms with E-state index in [1.54, 1.807) is 0 Å². The fourth-order valence-corrected chi connectivity index (χ4v) is 0. The predicted octanol–water partition coefficient (Wildman–Crippen LogP) is 0.875. The van der Waals surface area contributed by atoms with Crippen LogP contribution in [0.5, 0.6) is 0 Å². The molecule has 0 bridgehead atoms. The van der Waals surface area contributed by atoms with Gasteiger partial charge in [-0.1, -0.05) is 0 Å². The van der Waals surface area contributed by atoms with Crippen molar-refractivity contribution in [3.8, 4) is 0 Å². The van der Waals surface area contributed by atoms with E-state index in [0.717, 1.165) is 0 Å². The molecule has 0 unspecified atom stereocenters. The van der Waals surface area contributed by atoms with Gasteiger partial charge in [0.05, 0.1) is 0 Å². The van der Waals surface area contributed by atoms with Gasteiger partial charge in [0.25, 0.3) is 0 Å². The Morgan fingerprint density at radius 2 is 1.00 bits per heavy atom. The molecule has 0 nitrogen and oxygen atoms in total. The van der Waals surface area contributed by atoms with Crippen LogP contribution in [0.4, 0.5) is 12.9 Å². The van der Waals surface area contributed by atoms with E-state index in [1.165, 1.54) is 0 Å². The molecule has 0 fully saturated rings. The average molecular weight is 183 g/mol. The standard InChI is InChI=1S/BF3.Co.Fe/c2-1(3)4;;. The molecule has 0 aromatic carbocycles. The minimum atomic E-state index is -3.67. The third kappa shape index (κ3) is 94.7. The molecule has 0 saturated carbocycles. The Morgan fingerprint density at radius 3 is 1.00 bits per heavy atom. The van der Waals surface area contributed by atoms with Gasteiger partial charge in [-0.05, 0) is 0 Å². The zero-order valence-electron chi connectivity index (χ0n) is 2.40. The molecule has 0 rings (SSSR count). The summed E-state index contributed by atoms with van der Waals surface area (Å²) in [5.74, 6) is 0. The summed E-state index contributed by atoms with van der Waals surface area (Å²) in [5, 5.41) is 0. The maximum absolute atomic E-state index is 9.67. The molecule has 1 radical (unpaired) electrons. The van der Waals surface area contributed by atoms with E-state index in [0.29, 0.717) is 0 Å². The first-order chi connectivity index (χ1) is 1.73. The van der Waals surface area contributed by atoms with Gasteiger partial charge in [-0.25, -0.2) is 0 Å². The molecule has 0 atom stereocenters. The summed E-state index contributed by atoms with van der Waals surface area (Å²) in [4.78, 5) is 0. The fraction of sp³-hybridized carbons (Fsp3) is 0. The van der Waals surface area contributed by atoms with Gasteiger partial charge in [0.15, 0.2) is 0 Å². The number of halogens is 3. The van der Waals surface area contributed by atoms with Crippen LogP contribution < -0.4 is 0 Å². The summed E-state index contributed by atoms with van der Waals surface area (Å²) in [7, 11) is -3.67. The quantitative estimate of drug-likeness (QED) is 0.488. The van der Waals surface area contributed by atoms with Crippen molar-refractivity contribution in [2.24, 2.45) is 0 Å². The first-order valence-corrected chi connectivity index (χ1v) is 0.655. The molecule has 0 heterocycles. The fourth-order valence-electron chi connectivity index (χ4n) is 0. The SMILES string of the molecule is FB(F)F.[Co].[Fe]. The molecule has 0 aromatic heterocycles. The Morgan fingerprint density at radius 1 is 1.00 bits per heavy atom. The van der Waals surface area contributed by atoms with Crippen LogP contribution in [0.25, 0.3) is 0 Å². The summed E-state index contributed by atoms with van der Waals surface area (Å²) in [6.07, 6.45) is 0. The zero-order chi connectivity index (χ0) is 3.58. The van der Waals surface area contributed by atoms with Gasteiger partial charge in [0.1, 0.15) is 0 Å². The Bertz CT molecular complexity index is 15.5. The van der Waals surface area contributed by atoms with Crippen LogP contribution in [-0.4, -0.2) is 7.54 Å². The van der Waals surface area contributed by atoms with E-state index in [9.17, 15) is 12.9 Å². The first-order valence-electron chi connectivity index (χ1n) is 0.655. The Balaban J connectivity index is -0.0000000450. The molecular formula is BCoF3Fe. The largest absolute Gasteiger partial charge is 0.762 e. The molecule has 0 N–H and O–H groups in total. The minimum absolute atomic E-state index is 0. The molecule has 0 aliphatic rings. The molecule has 0 aliphatic heterocycles. The Labute approximate surface area is 54.8 Å². The van der Waals surface area contributed by atoms with E-state index in [1.807, 2.05) is 0 Å². The average Bonchev–Trinajstić information content (AvgIpc) is 0.811. The topological polar surface area (TPSA) is 0 Å². The van der Waals surface area contributed by atoms with Gasteiger partial charge in [-0.15, -0.1) is 0 Å². The molecule has 0 saturated heterocycles. The molecule has 41 valence electrons. The van der Waals surface area contributed by atoms with Crippen LogP contribution >= 0.6 is 0 Å². The van der Waals surface area contributed by atoms with E-state index in [2.05, 4.69) is 0 Å². The van der Waals surface area contributed by atoms with Crippen molar-refractivity contribution in [2.45, 2.75) is 0 Å². The van der Waals surface area contributed by atoms with Gasteiger partial charge in [-0.3, -0.25) is 12.9 Å². The third-order valence-corrected chi connectivity index (χ3v) is 0. The Hall–Kier alpha value is 0.881. The summed E-state index contributed by atoms with van der Waals surface area (Å²) in [5.41, 5.74) is 0. The van der Waals surface area contributed by atoms with Crippen molar-refractivity contribution in [2.75, 3.05) is 0 Å². The van der Waals surface area contributed by atoms with Crippen molar-refractivity contribution in [1.29, 1.82) is 0 Å². The van der Waals surface area contributed by atoms with Crippen molar-refractivity contribution in [3.63, 3.8) is 0 Å². The zero-order valence-corrected chi connectivity index (χ0v) is 4.54. The summed E-state index contributed by atoms with van der Waals surface area (Å²) < 4.78 is 29.0. The van der Waals surface area contributed by atoms with Crippen LogP contribution in [0.3, 0.4) is 0 Å². The molecule has 0 aromatic rings.